The highest BCUT2D eigenvalue weighted by Gasteiger charge is 2.70. The van der Waals surface area contributed by atoms with Crippen LogP contribution in [-0.4, -0.2) is 54.3 Å². The third kappa shape index (κ3) is 1.57. The average Bonchev–Trinajstić information content (AvgIpc) is 2.86. The quantitative estimate of drug-likeness (QED) is 0.545. The van der Waals surface area contributed by atoms with E-state index in [1.54, 1.807) is 0 Å². The monoisotopic (exact) mass is 271 g/mol. The van der Waals surface area contributed by atoms with Gasteiger partial charge in [0.25, 0.3) is 0 Å². The first-order valence-electron chi connectivity index (χ1n) is 6.09. The molecule has 1 saturated heterocycles. The summed E-state index contributed by atoms with van der Waals surface area (Å²) in [6.45, 7) is 0. The van der Waals surface area contributed by atoms with Crippen LogP contribution in [0.4, 0.5) is 0 Å². The summed E-state index contributed by atoms with van der Waals surface area (Å²) in [6, 6.07) is -0.952. The molecule has 1 heterocycles. The van der Waals surface area contributed by atoms with Gasteiger partial charge in [-0.15, -0.1) is 0 Å². The third-order valence-electron chi connectivity index (χ3n) is 4.36. The first-order valence-corrected chi connectivity index (χ1v) is 6.09. The molecule has 0 bridgehead atoms. The van der Waals surface area contributed by atoms with Gasteiger partial charge in [0.1, 0.15) is 11.5 Å². The van der Waals surface area contributed by atoms with Crippen molar-refractivity contribution in [2.45, 2.75) is 37.5 Å². The Hall–Kier alpha value is -1.63. The van der Waals surface area contributed by atoms with Crippen LogP contribution in [0.3, 0.4) is 0 Å². The Balaban J connectivity index is 2.47. The predicted octanol–water partition coefficient (Wildman–Crippen LogP) is -0.578. The molecule has 2 fully saturated rings. The SMILES string of the molecule is COC(=O)[C@@H]1CC2(C(=O)OC)CCCC2(O)N1C=O. The number of ether oxygens (including phenoxy) is 2. The molecule has 0 aromatic heterocycles. The van der Waals surface area contributed by atoms with E-state index in [1.165, 1.54) is 14.2 Å². The topological polar surface area (TPSA) is 93.1 Å². The minimum Gasteiger partial charge on any atom is -0.468 e. The van der Waals surface area contributed by atoms with Crippen molar-refractivity contribution in [1.82, 2.24) is 4.90 Å². The second kappa shape index (κ2) is 4.48. The lowest BCUT2D eigenvalue weighted by atomic mass is 9.78. The van der Waals surface area contributed by atoms with Gasteiger partial charge in [-0.25, -0.2) is 4.79 Å². The average molecular weight is 271 g/mol. The maximum atomic E-state index is 12.1. The Morgan fingerprint density at radius 2 is 2.00 bits per heavy atom. The third-order valence-corrected chi connectivity index (χ3v) is 4.36. The lowest BCUT2D eigenvalue weighted by Gasteiger charge is -2.37. The predicted molar refractivity (Wildman–Crippen MR) is 61.6 cm³/mol. The van der Waals surface area contributed by atoms with E-state index in [0.717, 1.165) is 4.90 Å². The summed E-state index contributed by atoms with van der Waals surface area (Å²) in [6.07, 6.45) is 1.64. The minimum atomic E-state index is -1.67. The summed E-state index contributed by atoms with van der Waals surface area (Å²) in [4.78, 5) is 36.0. The van der Waals surface area contributed by atoms with Gasteiger partial charge in [-0.1, -0.05) is 0 Å². The van der Waals surface area contributed by atoms with Crippen molar-refractivity contribution in [3.05, 3.63) is 0 Å². The summed E-state index contributed by atoms with van der Waals surface area (Å²) >= 11 is 0. The molecular weight excluding hydrogens is 254 g/mol. The van der Waals surface area contributed by atoms with E-state index in [9.17, 15) is 19.5 Å². The van der Waals surface area contributed by atoms with Gasteiger partial charge < -0.3 is 19.5 Å². The van der Waals surface area contributed by atoms with Gasteiger partial charge >= 0.3 is 11.9 Å². The van der Waals surface area contributed by atoms with E-state index in [-0.39, 0.29) is 12.8 Å². The first kappa shape index (κ1) is 13.8. The second-order valence-electron chi connectivity index (χ2n) is 5.00. The van der Waals surface area contributed by atoms with Crippen LogP contribution in [0.1, 0.15) is 25.7 Å². The number of hydrogen-bond acceptors (Lipinski definition) is 6. The highest BCUT2D eigenvalue weighted by molar-refractivity contribution is 5.86. The van der Waals surface area contributed by atoms with Gasteiger partial charge in [0, 0.05) is 0 Å². The number of likely N-dealkylation sites (tertiary alicyclic amines) is 1. The fourth-order valence-electron chi connectivity index (χ4n) is 3.44. The molecule has 2 aliphatic rings. The molecule has 0 radical (unpaired) electrons. The fraction of sp³-hybridized carbons (Fsp3) is 0.750. The summed E-state index contributed by atoms with van der Waals surface area (Å²) in [7, 11) is 2.43. The van der Waals surface area contributed by atoms with Crippen molar-refractivity contribution in [2.24, 2.45) is 5.41 Å². The highest BCUT2D eigenvalue weighted by Crippen LogP contribution is 2.57. The van der Waals surface area contributed by atoms with Crippen LogP contribution in [0.2, 0.25) is 0 Å². The molecular formula is C12H17NO6. The second-order valence-corrected chi connectivity index (χ2v) is 5.00. The zero-order valence-electron chi connectivity index (χ0n) is 10.9. The molecule has 2 rings (SSSR count). The van der Waals surface area contributed by atoms with Crippen LogP contribution < -0.4 is 0 Å². The number of rotatable bonds is 3. The Morgan fingerprint density at radius 1 is 1.32 bits per heavy atom. The number of methoxy groups -OCH3 is 2. The number of hydrogen-bond donors (Lipinski definition) is 1. The molecule has 106 valence electrons. The zero-order chi connectivity index (χ0) is 14.3. The molecule has 1 aliphatic carbocycles. The van der Waals surface area contributed by atoms with Crippen molar-refractivity contribution >= 4 is 18.3 Å². The van der Waals surface area contributed by atoms with E-state index in [2.05, 4.69) is 4.74 Å². The van der Waals surface area contributed by atoms with Crippen molar-refractivity contribution in [2.75, 3.05) is 14.2 Å². The Kier molecular flexibility index (Phi) is 3.25. The smallest absolute Gasteiger partial charge is 0.328 e. The molecule has 3 atom stereocenters. The number of carbonyl (C=O) groups excluding carboxylic acids is 3. The molecule has 0 aromatic carbocycles. The fourth-order valence-corrected chi connectivity index (χ4v) is 3.44. The Bertz CT molecular complexity index is 424. The molecule has 1 saturated carbocycles. The van der Waals surface area contributed by atoms with E-state index in [1.807, 2.05) is 0 Å². The van der Waals surface area contributed by atoms with Gasteiger partial charge in [-0.3, -0.25) is 9.59 Å². The number of carbonyl (C=O) groups is 3. The van der Waals surface area contributed by atoms with Crippen LogP contribution in [0.5, 0.6) is 0 Å². The van der Waals surface area contributed by atoms with E-state index in [0.29, 0.717) is 19.3 Å². The number of amides is 1. The summed E-state index contributed by atoms with van der Waals surface area (Å²) in [5, 5.41) is 10.7. The molecule has 1 aliphatic heterocycles. The van der Waals surface area contributed by atoms with E-state index < -0.39 is 29.1 Å². The van der Waals surface area contributed by atoms with Gasteiger partial charge in [0.15, 0.2) is 5.72 Å². The molecule has 0 spiro atoms. The zero-order valence-corrected chi connectivity index (χ0v) is 10.9. The number of fused-ring (bicyclic) bond motifs is 1. The standard InChI is InChI=1S/C12H17NO6/c1-18-9(15)8-6-11(10(16)19-2)4-3-5-12(11,17)13(8)7-14/h7-8,17H,3-6H2,1-2H3/t8-,11?,12?/m0/s1. The Labute approximate surface area is 110 Å². The van der Waals surface area contributed by atoms with Crippen molar-refractivity contribution < 1.29 is 29.0 Å². The molecule has 1 amide bonds. The summed E-state index contributed by atoms with van der Waals surface area (Å²) in [5.41, 5.74) is -2.90. The Morgan fingerprint density at radius 3 is 2.53 bits per heavy atom. The maximum Gasteiger partial charge on any atom is 0.328 e. The number of aliphatic hydroxyl groups is 1. The van der Waals surface area contributed by atoms with Crippen molar-refractivity contribution in [1.29, 1.82) is 0 Å². The summed E-state index contributed by atoms with van der Waals surface area (Å²) < 4.78 is 9.40. The van der Waals surface area contributed by atoms with Gasteiger partial charge in [-0.05, 0) is 25.7 Å². The van der Waals surface area contributed by atoms with Gasteiger partial charge in [0.05, 0.1) is 14.2 Å². The van der Waals surface area contributed by atoms with Crippen LogP contribution in [0.15, 0.2) is 0 Å². The lowest BCUT2D eigenvalue weighted by Crippen LogP contribution is -2.55. The molecule has 7 heteroatoms. The molecule has 19 heavy (non-hydrogen) atoms. The van der Waals surface area contributed by atoms with Crippen LogP contribution >= 0.6 is 0 Å². The van der Waals surface area contributed by atoms with E-state index in [4.69, 9.17) is 4.74 Å². The molecule has 2 unspecified atom stereocenters. The number of esters is 2. The largest absolute Gasteiger partial charge is 0.468 e. The van der Waals surface area contributed by atoms with Crippen molar-refractivity contribution in [3.63, 3.8) is 0 Å². The van der Waals surface area contributed by atoms with Crippen LogP contribution in [-0.2, 0) is 23.9 Å². The van der Waals surface area contributed by atoms with Crippen molar-refractivity contribution in [3.8, 4) is 0 Å². The van der Waals surface area contributed by atoms with E-state index >= 15 is 0 Å². The lowest BCUT2D eigenvalue weighted by molar-refractivity contribution is -0.184. The molecule has 7 nitrogen and oxygen atoms in total. The minimum absolute atomic E-state index is 0.0294. The van der Waals surface area contributed by atoms with Crippen LogP contribution in [0.25, 0.3) is 0 Å². The first-order chi connectivity index (χ1) is 8.96. The maximum absolute atomic E-state index is 12.1. The normalized spacial score (nSPS) is 36.8. The molecule has 0 aromatic rings. The summed E-state index contributed by atoms with van der Waals surface area (Å²) in [5.74, 6) is -1.23. The van der Waals surface area contributed by atoms with Crippen LogP contribution in [0, 0.1) is 5.41 Å². The highest BCUT2D eigenvalue weighted by atomic mass is 16.5. The molecule has 1 N–H and O–H groups in total. The number of nitrogens with zero attached hydrogens (tertiary/aromatic N) is 1. The van der Waals surface area contributed by atoms with Gasteiger partial charge in [-0.2, -0.15) is 0 Å². The van der Waals surface area contributed by atoms with Gasteiger partial charge in [0.2, 0.25) is 6.41 Å².